The Hall–Kier alpha value is -3.29. The van der Waals surface area contributed by atoms with Crippen LogP contribution in [0.15, 0.2) is 48.5 Å². The molecule has 1 aliphatic rings. The van der Waals surface area contributed by atoms with Crippen LogP contribution in [0.25, 0.3) is 5.69 Å². The molecule has 0 aliphatic heterocycles. The third-order valence-electron chi connectivity index (χ3n) is 4.24. The van der Waals surface area contributed by atoms with E-state index in [0.29, 0.717) is 17.3 Å². The van der Waals surface area contributed by atoms with Crippen LogP contribution < -0.4 is 10.1 Å². The Morgan fingerprint density at radius 2 is 2.04 bits per heavy atom. The van der Waals surface area contributed by atoms with Crippen LogP contribution in [-0.4, -0.2) is 32.7 Å². The van der Waals surface area contributed by atoms with Crippen LogP contribution in [0.2, 0.25) is 0 Å². The maximum Gasteiger partial charge on any atom is 0.227 e. The van der Waals surface area contributed by atoms with E-state index in [-0.39, 0.29) is 30.5 Å². The van der Waals surface area contributed by atoms with Crippen molar-refractivity contribution in [1.82, 2.24) is 20.2 Å². The number of anilines is 1. The second kappa shape index (κ2) is 7.53. The molecule has 1 saturated carbocycles. The zero-order valence-electron chi connectivity index (χ0n) is 14.5. The van der Waals surface area contributed by atoms with Gasteiger partial charge < -0.3 is 10.1 Å². The van der Waals surface area contributed by atoms with Crippen LogP contribution in [0.3, 0.4) is 0 Å². The topological polar surface area (TPSA) is 81.9 Å². The fraction of sp³-hybridized carbons (Fsp3) is 0.263. The van der Waals surface area contributed by atoms with Crippen molar-refractivity contribution in [1.29, 1.82) is 0 Å². The molecule has 0 atom stereocenters. The summed E-state index contributed by atoms with van der Waals surface area (Å²) in [5.74, 6) is 0.958. The third kappa shape index (κ3) is 4.11. The summed E-state index contributed by atoms with van der Waals surface area (Å²) < 4.78 is 21.2. The Bertz CT molecular complexity index is 940. The van der Waals surface area contributed by atoms with Crippen molar-refractivity contribution in [2.75, 3.05) is 11.9 Å². The first-order valence-electron chi connectivity index (χ1n) is 8.76. The number of carbonyl (C=O) groups is 1. The lowest BCUT2D eigenvalue weighted by molar-refractivity contribution is -0.116. The van der Waals surface area contributed by atoms with E-state index in [1.54, 1.807) is 0 Å². The number of hydrogen-bond acceptors (Lipinski definition) is 5. The molecule has 0 spiro atoms. The Labute approximate surface area is 155 Å². The molecule has 1 amide bonds. The molecule has 0 unspecified atom stereocenters. The van der Waals surface area contributed by atoms with E-state index in [0.717, 1.165) is 12.8 Å². The maximum atomic E-state index is 14.3. The molecule has 8 heteroatoms. The monoisotopic (exact) mass is 367 g/mol. The number of nitrogens with one attached hydrogen (secondary N) is 1. The number of nitrogens with zero attached hydrogens (tertiary/aromatic N) is 4. The van der Waals surface area contributed by atoms with Gasteiger partial charge in [-0.15, -0.1) is 5.10 Å². The molecule has 1 aliphatic carbocycles. The van der Waals surface area contributed by atoms with Gasteiger partial charge in [-0.1, -0.05) is 18.2 Å². The van der Waals surface area contributed by atoms with Crippen molar-refractivity contribution in [2.24, 2.45) is 0 Å². The van der Waals surface area contributed by atoms with Crippen LogP contribution in [0, 0.1) is 5.82 Å². The number of hydrogen-bond donors (Lipinski definition) is 1. The van der Waals surface area contributed by atoms with E-state index in [9.17, 15) is 9.18 Å². The molecule has 4 rings (SSSR count). The molecule has 1 fully saturated rings. The molecule has 0 saturated heterocycles. The van der Waals surface area contributed by atoms with Gasteiger partial charge in [-0.2, -0.15) is 4.68 Å². The van der Waals surface area contributed by atoms with Crippen molar-refractivity contribution in [3.8, 4) is 11.4 Å². The predicted octanol–water partition coefficient (Wildman–Crippen LogP) is 3.09. The van der Waals surface area contributed by atoms with Crippen molar-refractivity contribution in [3.05, 3.63) is 60.2 Å². The van der Waals surface area contributed by atoms with Crippen LogP contribution in [0.4, 0.5) is 10.1 Å². The summed E-state index contributed by atoms with van der Waals surface area (Å²) in [4.78, 5) is 12.1. The van der Waals surface area contributed by atoms with Gasteiger partial charge in [0.1, 0.15) is 17.3 Å². The van der Waals surface area contributed by atoms with E-state index < -0.39 is 5.82 Å². The molecule has 3 aromatic rings. The Morgan fingerprint density at radius 1 is 1.22 bits per heavy atom. The second-order valence-corrected chi connectivity index (χ2v) is 6.35. The highest BCUT2D eigenvalue weighted by Crippen LogP contribution is 2.39. The maximum absolute atomic E-state index is 14.3. The van der Waals surface area contributed by atoms with Crippen molar-refractivity contribution < 1.29 is 13.9 Å². The van der Waals surface area contributed by atoms with E-state index >= 15 is 0 Å². The van der Waals surface area contributed by atoms with Gasteiger partial charge in [-0.25, -0.2) is 4.39 Å². The van der Waals surface area contributed by atoms with Crippen LogP contribution in [0.1, 0.15) is 31.0 Å². The number of halogens is 1. The number of ether oxygens (including phenoxy) is 1. The van der Waals surface area contributed by atoms with Gasteiger partial charge in [0.05, 0.1) is 13.0 Å². The van der Waals surface area contributed by atoms with Gasteiger partial charge in [-0.05, 0) is 53.6 Å². The Kier molecular flexibility index (Phi) is 4.78. The minimum atomic E-state index is -0.449. The highest BCUT2D eigenvalue weighted by molar-refractivity contribution is 5.91. The standard InChI is InChI=1S/C19H18FN5O2/c20-16-9-8-14(12-17(16)25-19(13-6-7-13)22-23-24-25)21-18(26)10-11-27-15-4-2-1-3-5-15/h1-5,8-9,12-13H,6-7,10-11H2,(H,21,26). The van der Waals surface area contributed by atoms with E-state index in [1.165, 1.54) is 22.9 Å². The Balaban J connectivity index is 1.40. The smallest absolute Gasteiger partial charge is 0.227 e. The second-order valence-electron chi connectivity index (χ2n) is 6.35. The first kappa shape index (κ1) is 17.1. The van der Waals surface area contributed by atoms with E-state index in [2.05, 4.69) is 20.8 Å². The van der Waals surface area contributed by atoms with Gasteiger partial charge >= 0.3 is 0 Å². The highest BCUT2D eigenvalue weighted by atomic mass is 19.1. The molecule has 0 bridgehead atoms. The predicted molar refractivity (Wildman–Crippen MR) is 96.3 cm³/mol. The molecular weight excluding hydrogens is 349 g/mol. The van der Waals surface area contributed by atoms with Gasteiger partial charge in [0.15, 0.2) is 5.82 Å². The number of carbonyl (C=O) groups excluding carboxylic acids is 1. The van der Waals surface area contributed by atoms with Gasteiger partial charge in [0.25, 0.3) is 0 Å². The largest absolute Gasteiger partial charge is 0.493 e. The number of tetrazole rings is 1. The fourth-order valence-electron chi connectivity index (χ4n) is 2.72. The van der Waals surface area contributed by atoms with Gasteiger partial charge in [-0.3, -0.25) is 4.79 Å². The SMILES string of the molecule is O=C(CCOc1ccccc1)Nc1ccc(F)c(-n2nnnc2C2CC2)c1. The summed E-state index contributed by atoms with van der Waals surface area (Å²) in [6.07, 6.45) is 2.18. The zero-order valence-corrected chi connectivity index (χ0v) is 14.5. The average molecular weight is 367 g/mol. The lowest BCUT2D eigenvalue weighted by Gasteiger charge is -2.10. The summed E-state index contributed by atoms with van der Waals surface area (Å²) in [5.41, 5.74) is 0.702. The zero-order chi connectivity index (χ0) is 18.6. The highest BCUT2D eigenvalue weighted by Gasteiger charge is 2.30. The molecule has 1 aromatic heterocycles. The van der Waals surface area contributed by atoms with Gasteiger partial charge in [0.2, 0.25) is 5.91 Å². The molecule has 2 aromatic carbocycles. The van der Waals surface area contributed by atoms with Crippen molar-refractivity contribution in [3.63, 3.8) is 0 Å². The van der Waals surface area contributed by atoms with Crippen molar-refractivity contribution in [2.45, 2.75) is 25.2 Å². The quantitative estimate of drug-likeness (QED) is 0.694. The molecule has 0 radical (unpaired) electrons. The third-order valence-corrected chi connectivity index (χ3v) is 4.24. The number of rotatable bonds is 7. The lowest BCUT2D eigenvalue weighted by atomic mass is 10.2. The average Bonchev–Trinajstić information content (AvgIpc) is 3.41. The summed E-state index contributed by atoms with van der Waals surface area (Å²) in [6, 6.07) is 13.6. The van der Waals surface area contributed by atoms with Crippen molar-refractivity contribution >= 4 is 11.6 Å². The number of benzene rings is 2. The van der Waals surface area contributed by atoms with Crippen LogP contribution >= 0.6 is 0 Å². The summed E-state index contributed by atoms with van der Waals surface area (Å²) in [7, 11) is 0. The molecule has 27 heavy (non-hydrogen) atoms. The molecule has 1 N–H and O–H groups in total. The summed E-state index contributed by atoms with van der Waals surface area (Å²) in [5, 5.41) is 14.3. The number of para-hydroxylation sites is 1. The minimum Gasteiger partial charge on any atom is -0.493 e. The first-order valence-corrected chi connectivity index (χ1v) is 8.76. The first-order chi connectivity index (χ1) is 13.2. The number of aromatic nitrogens is 4. The van der Waals surface area contributed by atoms with E-state index in [1.807, 2.05) is 30.3 Å². The van der Waals surface area contributed by atoms with Crippen LogP contribution in [-0.2, 0) is 4.79 Å². The lowest BCUT2D eigenvalue weighted by Crippen LogP contribution is -2.15. The normalized spacial score (nSPS) is 13.4. The molecule has 1 heterocycles. The fourth-order valence-corrected chi connectivity index (χ4v) is 2.72. The minimum absolute atomic E-state index is 0.180. The summed E-state index contributed by atoms with van der Waals surface area (Å²) in [6.45, 7) is 0.253. The molecular formula is C19H18FN5O2. The number of amides is 1. The van der Waals surface area contributed by atoms with Gasteiger partial charge in [0, 0.05) is 11.6 Å². The van der Waals surface area contributed by atoms with E-state index in [4.69, 9.17) is 4.74 Å². The summed E-state index contributed by atoms with van der Waals surface area (Å²) >= 11 is 0. The molecule has 138 valence electrons. The molecule has 7 nitrogen and oxygen atoms in total. The van der Waals surface area contributed by atoms with Crippen LogP contribution in [0.5, 0.6) is 5.75 Å². The Morgan fingerprint density at radius 3 is 2.81 bits per heavy atom.